The summed E-state index contributed by atoms with van der Waals surface area (Å²) in [5, 5.41) is 16.8. The molecule has 1 aromatic rings. The summed E-state index contributed by atoms with van der Waals surface area (Å²) < 4.78 is 0. The molecule has 3 N–H and O–H groups in total. The van der Waals surface area contributed by atoms with E-state index in [9.17, 15) is 9.90 Å². The molecule has 0 bridgehead atoms. The first-order chi connectivity index (χ1) is 10.1. The first-order valence-corrected chi connectivity index (χ1v) is 7.94. The molecule has 1 atom stereocenters. The van der Waals surface area contributed by atoms with Crippen molar-refractivity contribution in [2.24, 2.45) is 5.92 Å². The number of rotatable bonds is 6. The summed E-state index contributed by atoms with van der Waals surface area (Å²) in [7, 11) is 0. The summed E-state index contributed by atoms with van der Waals surface area (Å²) in [5.74, 6) is 0.666. The fourth-order valence-corrected chi connectivity index (χ4v) is 2.73. The van der Waals surface area contributed by atoms with Gasteiger partial charge in [0.1, 0.15) is 0 Å². The third-order valence-corrected chi connectivity index (χ3v) is 4.24. The van der Waals surface area contributed by atoms with Gasteiger partial charge >= 0.3 is 0 Å². The fourth-order valence-electron chi connectivity index (χ4n) is 2.61. The highest BCUT2D eigenvalue weighted by Crippen LogP contribution is 2.18. The van der Waals surface area contributed by atoms with Crippen molar-refractivity contribution in [3.63, 3.8) is 0 Å². The number of carbonyl (C=O) groups excluding carboxylic acids is 1. The van der Waals surface area contributed by atoms with Gasteiger partial charge in [-0.1, -0.05) is 23.7 Å². The predicted octanol–water partition coefficient (Wildman–Crippen LogP) is 2.69. The molecule has 124 valence electrons. The molecule has 1 saturated heterocycles. The van der Waals surface area contributed by atoms with Crippen LogP contribution in [0.2, 0.25) is 5.02 Å². The molecule has 1 amide bonds. The molecule has 0 radical (unpaired) electrons. The van der Waals surface area contributed by atoms with Crippen LogP contribution in [0.25, 0.3) is 0 Å². The fraction of sp³-hybridized carbons (Fsp3) is 0.562. The molecular formula is C16H24Cl2N2O2. The normalized spacial score (nSPS) is 16.6. The summed E-state index contributed by atoms with van der Waals surface area (Å²) in [5.41, 5.74) is 0.762. The number of carbonyl (C=O) groups is 1. The van der Waals surface area contributed by atoms with Crippen LogP contribution in [-0.2, 0) is 4.79 Å². The van der Waals surface area contributed by atoms with Crippen LogP contribution in [0.15, 0.2) is 24.3 Å². The van der Waals surface area contributed by atoms with E-state index in [1.807, 2.05) is 0 Å². The maximum atomic E-state index is 11.8. The molecule has 6 heteroatoms. The van der Waals surface area contributed by atoms with E-state index in [2.05, 4.69) is 10.6 Å². The summed E-state index contributed by atoms with van der Waals surface area (Å²) in [6, 6.07) is 7.01. The van der Waals surface area contributed by atoms with Gasteiger partial charge in [0.25, 0.3) is 0 Å². The second-order valence-corrected chi connectivity index (χ2v) is 6.04. The van der Waals surface area contributed by atoms with Gasteiger partial charge in [-0.15, -0.1) is 12.4 Å². The van der Waals surface area contributed by atoms with Crippen LogP contribution >= 0.6 is 24.0 Å². The topological polar surface area (TPSA) is 61.4 Å². The van der Waals surface area contributed by atoms with E-state index in [1.165, 1.54) is 0 Å². The second kappa shape index (κ2) is 10.1. The summed E-state index contributed by atoms with van der Waals surface area (Å²) >= 11 is 5.80. The van der Waals surface area contributed by atoms with E-state index in [1.54, 1.807) is 24.3 Å². The average Bonchev–Trinajstić information content (AvgIpc) is 2.52. The minimum atomic E-state index is -0.690. The Balaban J connectivity index is 0.00000242. The molecule has 1 aliphatic rings. The van der Waals surface area contributed by atoms with Crippen LogP contribution in [0.3, 0.4) is 0 Å². The molecule has 1 aliphatic heterocycles. The molecule has 2 rings (SSSR count). The Morgan fingerprint density at radius 1 is 1.32 bits per heavy atom. The van der Waals surface area contributed by atoms with Crippen LogP contribution in [0, 0.1) is 5.92 Å². The second-order valence-electron chi connectivity index (χ2n) is 5.60. The van der Waals surface area contributed by atoms with Crippen molar-refractivity contribution in [2.75, 3.05) is 19.6 Å². The molecule has 1 heterocycles. The molecular weight excluding hydrogens is 323 g/mol. The van der Waals surface area contributed by atoms with Crippen LogP contribution in [0.5, 0.6) is 0 Å². The van der Waals surface area contributed by atoms with Gasteiger partial charge in [0.05, 0.1) is 6.10 Å². The van der Waals surface area contributed by atoms with Gasteiger partial charge in [-0.25, -0.2) is 0 Å². The first kappa shape index (κ1) is 19.2. The van der Waals surface area contributed by atoms with E-state index in [0.717, 1.165) is 37.9 Å². The maximum absolute atomic E-state index is 11.8. The largest absolute Gasteiger partial charge is 0.387 e. The SMILES string of the molecule is Cl.O=C(CCC1CCNCC1)NCC(O)c1ccc(Cl)cc1. The number of hydrogen-bond donors (Lipinski definition) is 3. The molecule has 4 nitrogen and oxygen atoms in total. The van der Waals surface area contributed by atoms with Gasteiger partial charge in [-0.2, -0.15) is 0 Å². The minimum Gasteiger partial charge on any atom is -0.387 e. The Morgan fingerprint density at radius 2 is 1.95 bits per heavy atom. The molecule has 1 unspecified atom stereocenters. The Labute approximate surface area is 143 Å². The van der Waals surface area contributed by atoms with Crippen molar-refractivity contribution in [1.29, 1.82) is 0 Å². The molecule has 0 spiro atoms. The zero-order valence-corrected chi connectivity index (χ0v) is 14.1. The highest BCUT2D eigenvalue weighted by molar-refractivity contribution is 6.30. The molecule has 0 aliphatic carbocycles. The third-order valence-electron chi connectivity index (χ3n) is 3.99. The monoisotopic (exact) mass is 346 g/mol. The van der Waals surface area contributed by atoms with Crippen molar-refractivity contribution >= 4 is 29.9 Å². The van der Waals surface area contributed by atoms with Gasteiger partial charge in [0.15, 0.2) is 0 Å². The van der Waals surface area contributed by atoms with Crippen molar-refractivity contribution in [1.82, 2.24) is 10.6 Å². The van der Waals surface area contributed by atoms with Crippen molar-refractivity contribution < 1.29 is 9.90 Å². The lowest BCUT2D eigenvalue weighted by molar-refractivity contribution is -0.121. The number of amides is 1. The van der Waals surface area contributed by atoms with Crippen molar-refractivity contribution in [2.45, 2.75) is 31.8 Å². The zero-order chi connectivity index (χ0) is 15.1. The van der Waals surface area contributed by atoms with Gasteiger partial charge in [0.2, 0.25) is 5.91 Å². The van der Waals surface area contributed by atoms with Gasteiger partial charge in [-0.3, -0.25) is 4.79 Å². The number of benzene rings is 1. The number of hydrogen-bond acceptors (Lipinski definition) is 3. The van der Waals surface area contributed by atoms with E-state index < -0.39 is 6.10 Å². The molecule has 1 fully saturated rings. The molecule has 22 heavy (non-hydrogen) atoms. The average molecular weight is 347 g/mol. The predicted molar refractivity (Wildman–Crippen MR) is 91.5 cm³/mol. The molecule has 0 aromatic heterocycles. The highest BCUT2D eigenvalue weighted by atomic mass is 35.5. The zero-order valence-electron chi connectivity index (χ0n) is 12.6. The Hall–Kier alpha value is -0.810. The Kier molecular flexibility index (Phi) is 8.79. The van der Waals surface area contributed by atoms with Crippen LogP contribution in [-0.4, -0.2) is 30.6 Å². The van der Waals surface area contributed by atoms with Crippen LogP contribution in [0.4, 0.5) is 0 Å². The van der Waals surface area contributed by atoms with Crippen LogP contribution in [0.1, 0.15) is 37.4 Å². The standard InChI is InChI=1S/C16H23ClN2O2.ClH/c17-14-4-2-13(3-5-14)15(20)11-19-16(21)6-1-12-7-9-18-10-8-12;/h2-5,12,15,18,20H,1,6-11H2,(H,19,21);1H. The lowest BCUT2D eigenvalue weighted by Crippen LogP contribution is -2.31. The Morgan fingerprint density at radius 3 is 2.59 bits per heavy atom. The minimum absolute atomic E-state index is 0. The Bertz CT molecular complexity index is 448. The van der Waals surface area contributed by atoms with Crippen molar-refractivity contribution in [3.05, 3.63) is 34.9 Å². The van der Waals surface area contributed by atoms with Gasteiger partial charge in [0, 0.05) is 18.0 Å². The number of aliphatic hydroxyl groups is 1. The number of piperidine rings is 1. The first-order valence-electron chi connectivity index (χ1n) is 7.56. The number of nitrogens with one attached hydrogen (secondary N) is 2. The van der Waals surface area contributed by atoms with Crippen molar-refractivity contribution in [3.8, 4) is 0 Å². The summed E-state index contributed by atoms with van der Waals surface area (Å²) in [6.45, 7) is 2.36. The third kappa shape index (κ3) is 6.53. The number of halogens is 2. The van der Waals surface area contributed by atoms with E-state index in [4.69, 9.17) is 11.6 Å². The molecule has 1 aromatic carbocycles. The lowest BCUT2D eigenvalue weighted by Gasteiger charge is -2.22. The summed E-state index contributed by atoms with van der Waals surface area (Å²) in [4.78, 5) is 11.8. The highest BCUT2D eigenvalue weighted by Gasteiger charge is 2.15. The quantitative estimate of drug-likeness (QED) is 0.742. The van der Waals surface area contributed by atoms with E-state index in [-0.39, 0.29) is 24.9 Å². The van der Waals surface area contributed by atoms with Crippen LogP contribution < -0.4 is 10.6 Å². The van der Waals surface area contributed by atoms with E-state index in [0.29, 0.717) is 17.4 Å². The smallest absolute Gasteiger partial charge is 0.220 e. The number of aliphatic hydroxyl groups excluding tert-OH is 1. The lowest BCUT2D eigenvalue weighted by atomic mass is 9.93. The maximum Gasteiger partial charge on any atom is 0.220 e. The van der Waals surface area contributed by atoms with E-state index >= 15 is 0 Å². The summed E-state index contributed by atoms with van der Waals surface area (Å²) in [6.07, 6.45) is 3.09. The molecule has 0 saturated carbocycles. The van der Waals surface area contributed by atoms with Gasteiger partial charge in [-0.05, 0) is 56.0 Å². The van der Waals surface area contributed by atoms with Gasteiger partial charge < -0.3 is 15.7 Å².